The Morgan fingerprint density at radius 3 is 2.44 bits per heavy atom. The summed E-state index contributed by atoms with van der Waals surface area (Å²) in [5, 5.41) is 3.45. The van der Waals surface area contributed by atoms with Crippen LogP contribution in [0.4, 0.5) is 0 Å². The number of carbonyl (C=O) groups excluding carboxylic acids is 2. The van der Waals surface area contributed by atoms with Crippen molar-refractivity contribution in [1.82, 2.24) is 5.32 Å². The molecule has 0 saturated carbocycles. The average molecular weight is 268 g/mol. The van der Waals surface area contributed by atoms with Gasteiger partial charge in [0.2, 0.25) is 5.91 Å². The van der Waals surface area contributed by atoms with Gasteiger partial charge in [0.1, 0.15) is 5.78 Å². The molecule has 0 unspecified atom stereocenters. The lowest BCUT2D eigenvalue weighted by Gasteiger charge is -2.04. The van der Waals surface area contributed by atoms with Crippen LogP contribution in [0.5, 0.6) is 0 Å². The van der Waals surface area contributed by atoms with Crippen molar-refractivity contribution >= 4 is 23.3 Å². The summed E-state index contributed by atoms with van der Waals surface area (Å²) < 4.78 is 0. The van der Waals surface area contributed by atoms with Crippen molar-refractivity contribution < 1.29 is 9.59 Å². The summed E-state index contributed by atoms with van der Waals surface area (Å²) in [5.74, 6) is 0.0988. The lowest BCUT2D eigenvalue weighted by atomic mass is 10.1. The molecular formula is C14H18ClNO2. The van der Waals surface area contributed by atoms with Crippen molar-refractivity contribution in [2.45, 2.75) is 32.6 Å². The molecule has 0 fully saturated rings. The van der Waals surface area contributed by atoms with Crippen LogP contribution in [-0.4, -0.2) is 18.2 Å². The standard InChI is InChI=1S/C14H18ClNO2/c1-11(17)9-10-16-14(18)4-2-3-12-5-7-13(15)8-6-12/h5-8H,2-4,9-10H2,1H3,(H,16,18). The Bertz CT molecular complexity index is 401. The first-order valence-electron chi connectivity index (χ1n) is 6.08. The Kier molecular flexibility index (Phi) is 6.44. The highest BCUT2D eigenvalue weighted by Crippen LogP contribution is 2.11. The molecule has 0 aliphatic heterocycles. The molecule has 0 aliphatic rings. The smallest absolute Gasteiger partial charge is 0.220 e. The largest absolute Gasteiger partial charge is 0.356 e. The van der Waals surface area contributed by atoms with Crippen LogP contribution in [-0.2, 0) is 16.0 Å². The van der Waals surface area contributed by atoms with Gasteiger partial charge in [-0.15, -0.1) is 0 Å². The van der Waals surface area contributed by atoms with Crippen LogP contribution in [0, 0.1) is 0 Å². The Morgan fingerprint density at radius 2 is 1.83 bits per heavy atom. The molecule has 0 aliphatic carbocycles. The summed E-state index contributed by atoms with van der Waals surface area (Å²) in [4.78, 5) is 22.1. The number of halogens is 1. The molecule has 0 radical (unpaired) electrons. The summed E-state index contributed by atoms with van der Waals surface area (Å²) in [6, 6.07) is 7.64. The number of carbonyl (C=O) groups is 2. The molecule has 3 nitrogen and oxygen atoms in total. The van der Waals surface area contributed by atoms with Gasteiger partial charge in [-0.05, 0) is 37.5 Å². The van der Waals surface area contributed by atoms with Gasteiger partial charge in [-0.2, -0.15) is 0 Å². The highest BCUT2D eigenvalue weighted by molar-refractivity contribution is 6.30. The van der Waals surface area contributed by atoms with Crippen molar-refractivity contribution in [1.29, 1.82) is 0 Å². The minimum atomic E-state index is 0.00483. The quantitative estimate of drug-likeness (QED) is 0.826. The van der Waals surface area contributed by atoms with E-state index in [1.165, 1.54) is 12.5 Å². The topological polar surface area (TPSA) is 46.2 Å². The van der Waals surface area contributed by atoms with Crippen LogP contribution in [0.1, 0.15) is 31.7 Å². The summed E-state index contributed by atoms with van der Waals surface area (Å²) in [5.41, 5.74) is 1.18. The predicted octanol–water partition coefficient (Wildman–Crippen LogP) is 2.76. The van der Waals surface area contributed by atoms with E-state index in [0.717, 1.165) is 17.9 Å². The maximum Gasteiger partial charge on any atom is 0.220 e. The molecule has 0 heterocycles. The van der Waals surface area contributed by atoms with E-state index in [2.05, 4.69) is 5.32 Å². The second kappa shape index (κ2) is 7.88. The molecule has 4 heteroatoms. The first kappa shape index (κ1) is 14.7. The van der Waals surface area contributed by atoms with Crippen molar-refractivity contribution in [3.63, 3.8) is 0 Å². The highest BCUT2D eigenvalue weighted by Gasteiger charge is 2.02. The zero-order valence-corrected chi connectivity index (χ0v) is 11.3. The SMILES string of the molecule is CC(=O)CCNC(=O)CCCc1ccc(Cl)cc1. The van der Waals surface area contributed by atoms with Crippen molar-refractivity contribution in [2.24, 2.45) is 0 Å². The van der Waals surface area contributed by atoms with Crippen LogP contribution in [0.3, 0.4) is 0 Å². The second-order valence-electron chi connectivity index (χ2n) is 4.28. The molecular weight excluding hydrogens is 250 g/mol. The van der Waals surface area contributed by atoms with E-state index in [1.54, 1.807) is 0 Å². The molecule has 0 aromatic heterocycles. The summed E-state index contributed by atoms with van der Waals surface area (Å²) in [6.07, 6.45) is 2.55. The molecule has 98 valence electrons. The molecule has 1 rings (SSSR count). The van der Waals surface area contributed by atoms with Crippen LogP contribution >= 0.6 is 11.6 Å². The maximum atomic E-state index is 11.4. The number of hydrogen-bond acceptors (Lipinski definition) is 2. The Morgan fingerprint density at radius 1 is 1.17 bits per heavy atom. The molecule has 0 saturated heterocycles. The molecule has 0 bridgehead atoms. The van der Waals surface area contributed by atoms with Gasteiger partial charge in [0, 0.05) is 24.4 Å². The summed E-state index contributed by atoms with van der Waals surface area (Å²) in [6.45, 7) is 1.96. The third-order valence-electron chi connectivity index (χ3n) is 2.58. The lowest BCUT2D eigenvalue weighted by Crippen LogP contribution is -2.25. The van der Waals surface area contributed by atoms with Crippen molar-refractivity contribution in [2.75, 3.05) is 6.54 Å². The summed E-state index contributed by atoms with van der Waals surface area (Å²) >= 11 is 5.79. The first-order valence-corrected chi connectivity index (χ1v) is 6.46. The van der Waals surface area contributed by atoms with Crippen LogP contribution in [0.15, 0.2) is 24.3 Å². The predicted molar refractivity (Wildman–Crippen MR) is 72.7 cm³/mol. The molecule has 0 atom stereocenters. The number of nitrogens with one attached hydrogen (secondary N) is 1. The van der Waals surface area contributed by atoms with Gasteiger partial charge in [-0.3, -0.25) is 9.59 Å². The monoisotopic (exact) mass is 267 g/mol. The molecule has 1 N–H and O–H groups in total. The zero-order valence-electron chi connectivity index (χ0n) is 10.5. The van der Waals surface area contributed by atoms with E-state index in [0.29, 0.717) is 19.4 Å². The van der Waals surface area contributed by atoms with Gasteiger partial charge in [0.15, 0.2) is 0 Å². The number of amides is 1. The van der Waals surface area contributed by atoms with Gasteiger partial charge >= 0.3 is 0 Å². The maximum absolute atomic E-state index is 11.4. The number of ketones is 1. The number of rotatable bonds is 7. The molecule has 18 heavy (non-hydrogen) atoms. The Balaban J connectivity index is 2.15. The Hall–Kier alpha value is -1.35. The number of benzene rings is 1. The van der Waals surface area contributed by atoms with Gasteiger partial charge in [-0.25, -0.2) is 0 Å². The normalized spacial score (nSPS) is 10.1. The minimum Gasteiger partial charge on any atom is -0.356 e. The van der Waals surface area contributed by atoms with Gasteiger partial charge < -0.3 is 5.32 Å². The minimum absolute atomic E-state index is 0.00483. The average Bonchev–Trinajstić information content (AvgIpc) is 2.31. The van der Waals surface area contributed by atoms with E-state index < -0.39 is 0 Å². The van der Waals surface area contributed by atoms with Crippen LogP contribution in [0.2, 0.25) is 5.02 Å². The van der Waals surface area contributed by atoms with E-state index in [9.17, 15) is 9.59 Å². The third-order valence-corrected chi connectivity index (χ3v) is 2.83. The van der Waals surface area contributed by atoms with Crippen LogP contribution < -0.4 is 5.32 Å². The van der Waals surface area contributed by atoms with Crippen LogP contribution in [0.25, 0.3) is 0 Å². The number of Topliss-reactive ketones (excluding diaryl/α,β-unsaturated/α-hetero) is 1. The fraction of sp³-hybridized carbons (Fsp3) is 0.429. The van der Waals surface area contributed by atoms with Crippen molar-refractivity contribution in [3.8, 4) is 0 Å². The fourth-order valence-electron chi connectivity index (χ4n) is 1.57. The summed E-state index contributed by atoms with van der Waals surface area (Å²) in [7, 11) is 0. The van der Waals surface area contributed by atoms with Gasteiger partial charge in [0.05, 0.1) is 0 Å². The van der Waals surface area contributed by atoms with E-state index in [4.69, 9.17) is 11.6 Å². The number of aryl methyl sites for hydroxylation is 1. The molecule has 0 spiro atoms. The molecule has 1 aromatic rings. The molecule has 1 aromatic carbocycles. The first-order chi connectivity index (χ1) is 8.58. The van der Waals surface area contributed by atoms with Gasteiger partial charge in [-0.1, -0.05) is 23.7 Å². The fourth-order valence-corrected chi connectivity index (χ4v) is 1.70. The van der Waals surface area contributed by atoms with Crippen molar-refractivity contribution in [3.05, 3.63) is 34.9 Å². The van der Waals surface area contributed by atoms with E-state index >= 15 is 0 Å². The van der Waals surface area contributed by atoms with E-state index in [1.807, 2.05) is 24.3 Å². The van der Waals surface area contributed by atoms with E-state index in [-0.39, 0.29) is 11.7 Å². The Labute approximate surface area is 113 Å². The second-order valence-corrected chi connectivity index (χ2v) is 4.72. The lowest BCUT2D eigenvalue weighted by molar-refractivity contribution is -0.121. The third kappa shape index (κ3) is 6.40. The van der Waals surface area contributed by atoms with Gasteiger partial charge in [0.25, 0.3) is 0 Å². The zero-order chi connectivity index (χ0) is 13.4. The number of hydrogen-bond donors (Lipinski definition) is 1. The molecule has 1 amide bonds. The highest BCUT2D eigenvalue weighted by atomic mass is 35.5.